The zero-order chi connectivity index (χ0) is 22.8. The lowest BCUT2D eigenvalue weighted by atomic mass is 10.0. The fourth-order valence-electron chi connectivity index (χ4n) is 3.53. The van der Waals surface area contributed by atoms with Gasteiger partial charge in [0.2, 0.25) is 5.78 Å². The van der Waals surface area contributed by atoms with E-state index in [1.165, 1.54) is 22.9 Å². The number of carbonyl (C=O) groups excluding carboxylic acids is 1. The molecule has 0 radical (unpaired) electrons. The van der Waals surface area contributed by atoms with Gasteiger partial charge in [-0.25, -0.2) is 9.07 Å². The molecule has 0 bridgehead atoms. The molecule has 1 unspecified atom stereocenters. The topological polar surface area (TPSA) is 67.8 Å². The van der Waals surface area contributed by atoms with E-state index in [9.17, 15) is 14.0 Å². The van der Waals surface area contributed by atoms with Crippen molar-refractivity contribution < 1.29 is 9.18 Å². The molecule has 32 heavy (non-hydrogen) atoms. The molecule has 0 spiro atoms. The van der Waals surface area contributed by atoms with Gasteiger partial charge in [-0.2, -0.15) is 5.10 Å². The number of hydrogen-bond donors (Lipinski definition) is 1. The molecule has 0 aliphatic carbocycles. The van der Waals surface area contributed by atoms with Gasteiger partial charge in [0.1, 0.15) is 5.82 Å². The summed E-state index contributed by atoms with van der Waals surface area (Å²) >= 11 is 5.92. The number of rotatable bonds is 6. The van der Waals surface area contributed by atoms with Crippen molar-refractivity contribution in [2.75, 3.05) is 0 Å². The van der Waals surface area contributed by atoms with Crippen LogP contribution < -0.4 is 5.56 Å². The Bertz CT molecular complexity index is 1320. The van der Waals surface area contributed by atoms with Crippen molar-refractivity contribution >= 4 is 17.4 Å². The van der Waals surface area contributed by atoms with E-state index in [0.717, 1.165) is 16.8 Å². The Kier molecular flexibility index (Phi) is 6.06. The molecule has 2 heterocycles. The minimum atomic E-state index is -0.331. The maximum Gasteiger partial charge on any atom is 0.267 e. The lowest BCUT2D eigenvalue weighted by Gasteiger charge is -2.12. The van der Waals surface area contributed by atoms with Gasteiger partial charge in [0.15, 0.2) is 0 Å². The van der Waals surface area contributed by atoms with Crippen LogP contribution >= 0.6 is 11.6 Å². The summed E-state index contributed by atoms with van der Waals surface area (Å²) in [7, 11) is 0. The number of halogens is 2. The van der Waals surface area contributed by atoms with Gasteiger partial charge >= 0.3 is 0 Å². The van der Waals surface area contributed by atoms with Gasteiger partial charge in [0.05, 0.1) is 17.9 Å². The van der Waals surface area contributed by atoms with Crippen molar-refractivity contribution in [1.29, 1.82) is 0 Å². The molecule has 0 aliphatic heterocycles. The standard InChI is InChI=1S/C25H21ClFN3O2/c1-15-13-22(28-24(15)25(32)18-5-7-19(26)8-6-18)16(2)21-11-12-23(31)30(29-21)14-17-3-9-20(27)10-4-17/h3-13,16,28H,14H2,1-2H3. The van der Waals surface area contributed by atoms with Gasteiger partial charge in [0, 0.05) is 28.3 Å². The molecule has 2 aromatic carbocycles. The van der Waals surface area contributed by atoms with Gasteiger partial charge in [-0.15, -0.1) is 0 Å². The highest BCUT2D eigenvalue weighted by Crippen LogP contribution is 2.25. The molecule has 2 aromatic heterocycles. The molecular weight excluding hydrogens is 429 g/mol. The summed E-state index contributed by atoms with van der Waals surface area (Å²) in [6.45, 7) is 4.07. The number of benzene rings is 2. The predicted octanol–water partition coefficient (Wildman–Crippen LogP) is 5.10. The van der Waals surface area contributed by atoms with Crippen LogP contribution in [0.1, 0.15) is 51.4 Å². The van der Waals surface area contributed by atoms with E-state index in [-0.39, 0.29) is 29.6 Å². The second kappa shape index (κ2) is 8.93. The Balaban J connectivity index is 1.60. The number of aromatic amines is 1. The first-order valence-electron chi connectivity index (χ1n) is 10.1. The highest BCUT2D eigenvalue weighted by Gasteiger charge is 2.19. The predicted molar refractivity (Wildman–Crippen MR) is 122 cm³/mol. The van der Waals surface area contributed by atoms with Crippen LogP contribution in [0.4, 0.5) is 4.39 Å². The molecule has 4 aromatic rings. The summed E-state index contributed by atoms with van der Waals surface area (Å²) in [5.41, 5.74) is 3.91. The molecule has 1 atom stereocenters. The molecular formula is C25H21ClFN3O2. The zero-order valence-electron chi connectivity index (χ0n) is 17.6. The fraction of sp³-hybridized carbons (Fsp3) is 0.160. The first kappa shape index (κ1) is 21.7. The quantitative estimate of drug-likeness (QED) is 0.416. The normalized spacial score (nSPS) is 12.0. The first-order valence-corrected chi connectivity index (χ1v) is 10.5. The summed E-state index contributed by atoms with van der Waals surface area (Å²) in [5.74, 6) is -0.630. The molecule has 1 N–H and O–H groups in total. The number of H-pyrrole nitrogens is 1. The van der Waals surface area contributed by atoms with E-state index in [1.54, 1.807) is 42.5 Å². The number of aryl methyl sites for hydroxylation is 1. The van der Waals surface area contributed by atoms with Crippen LogP contribution in [0.25, 0.3) is 0 Å². The van der Waals surface area contributed by atoms with Crippen LogP contribution in [0, 0.1) is 12.7 Å². The fourth-order valence-corrected chi connectivity index (χ4v) is 3.66. The lowest BCUT2D eigenvalue weighted by Crippen LogP contribution is -2.24. The monoisotopic (exact) mass is 449 g/mol. The van der Waals surface area contributed by atoms with E-state index in [2.05, 4.69) is 10.1 Å². The maximum atomic E-state index is 13.2. The van der Waals surface area contributed by atoms with Crippen molar-refractivity contribution in [2.24, 2.45) is 0 Å². The van der Waals surface area contributed by atoms with E-state index < -0.39 is 0 Å². The van der Waals surface area contributed by atoms with Crippen molar-refractivity contribution in [3.8, 4) is 0 Å². The largest absolute Gasteiger partial charge is 0.355 e. The van der Waals surface area contributed by atoms with Gasteiger partial charge in [-0.3, -0.25) is 9.59 Å². The molecule has 7 heteroatoms. The summed E-state index contributed by atoms with van der Waals surface area (Å²) in [6.07, 6.45) is 0. The number of hydrogen-bond acceptors (Lipinski definition) is 3. The molecule has 0 aliphatic rings. The van der Waals surface area contributed by atoms with Crippen LogP contribution in [-0.2, 0) is 6.54 Å². The van der Waals surface area contributed by atoms with E-state index in [1.807, 2.05) is 19.9 Å². The minimum absolute atomic E-state index is 0.119. The zero-order valence-corrected chi connectivity index (χ0v) is 18.4. The van der Waals surface area contributed by atoms with E-state index in [0.29, 0.717) is 22.0 Å². The SMILES string of the molecule is Cc1cc(C(C)c2ccc(=O)n(Cc3ccc(F)cc3)n2)[nH]c1C(=O)c1ccc(Cl)cc1. The third-order valence-electron chi connectivity index (χ3n) is 5.41. The molecule has 4 rings (SSSR count). The second-order valence-electron chi connectivity index (χ2n) is 7.72. The van der Waals surface area contributed by atoms with Crippen LogP contribution in [0.3, 0.4) is 0 Å². The summed E-state index contributed by atoms with van der Waals surface area (Å²) in [5, 5.41) is 5.08. The van der Waals surface area contributed by atoms with Crippen LogP contribution in [0.5, 0.6) is 0 Å². The smallest absolute Gasteiger partial charge is 0.267 e. The molecule has 0 amide bonds. The third kappa shape index (κ3) is 4.55. The highest BCUT2D eigenvalue weighted by molar-refractivity contribution is 6.30. The van der Waals surface area contributed by atoms with Crippen molar-refractivity contribution in [1.82, 2.24) is 14.8 Å². The first-order chi connectivity index (χ1) is 15.3. The Morgan fingerprint density at radius 1 is 1.09 bits per heavy atom. The van der Waals surface area contributed by atoms with Crippen LogP contribution in [-0.4, -0.2) is 20.5 Å². The average Bonchev–Trinajstić information content (AvgIpc) is 3.18. The average molecular weight is 450 g/mol. The summed E-state index contributed by atoms with van der Waals surface area (Å²) < 4.78 is 14.5. The molecule has 0 saturated carbocycles. The number of aromatic nitrogens is 3. The van der Waals surface area contributed by atoms with E-state index in [4.69, 9.17) is 11.6 Å². The Hall–Kier alpha value is -3.51. The van der Waals surface area contributed by atoms with Crippen LogP contribution in [0.2, 0.25) is 5.02 Å². The lowest BCUT2D eigenvalue weighted by molar-refractivity contribution is 0.103. The molecule has 162 valence electrons. The Morgan fingerprint density at radius 3 is 2.47 bits per heavy atom. The second-order valence-corrected chi connectivity index (χ2v) is 8.16. The number of nitrogens with one attached hydrogen (secondary N) is 1. The number of carbonyl (C=O) groups is 1. The molecule has 0 fully saturated rings. The highest BCUT2D eigenvalue weighted by atomic mass is 35.5. The summed E-state index contributed by atoms with van der Waals surface area (Å²) in [6, 6.07) is 17.8. The van der Waals surface area contributed by atoms with Crippen molar-refractivity contribution in [2.45, 2.75) is 26.3 Å². The van der Waals surface area contributed by atoms with Crippen molar-refractivity contribution in [3.05, 3.63) is 122 Å². The Labute approximate surface area is 189 Å². The van der Waals surface area contributed by atoms with Crippen LogP contribution in [0.15, 0.2) is 71.5 Å². The van der Waals surface area contributed by atoms with Gasteiger partial charge in [-0.05, 0) is 66.6 Å². The van der Waals surface area contributed by atoms with Crippen molar-refractivity contribution in [3.63, 3.8) is 0 Å². The summed E-state index contributed by atoms with van der Waals surface area (Å²) in [4.78, 5) is 28.4. The van der Waals surface area contributed by atoms with Gasteiger partial charge < -0.3 is 4.98 Å². The maximum absolute atomic E-state index is 13.2. The Morgan fingerprint density at radius 2 is 1.78 bits per heavy atom. The van der Waals surface area contributed by atoms with Gasteiger partial charge in [0.25, 0.3) is 5.56 Å². The van der Waals surface area contributed by atoms with E-state index >= 15 is 0 Å². The third-order valence-corrected chi connectivity index (χ3v) is 5.66. The van der Waals surface area contributed by atoms with Gasteiger partial charge in [-0.1, -0.05) is 30.7 Å². The molecule has 5 nitrogen and oxygen atoms in total. The molecule has 0 saturated heterocycles. The number of ketones is 1. The number of nitrogens with zero attached hydrogens (tertiary/aromatic N) is 2. The minimum Gasteiger partial charge on any atom is -0.355 e.